The van der Waals surface area contributed by atoms with E-state index in [-0.39, 0.29) is 5.92 Å². The van der Waals surface area contributed by atoms with Gasteiger partial charge in [-0.05, 0) is 48.0 Å². The number of hydrogen-bond donors (Lipinski definition) is 1. The van der Waals surface area contributed by atoms with Crippen LogP contribution in [-0.2, 0) is 0 Å². The highest BCUT2D eigenvalue weighted by Crippen LogP contribution is 2.64. The minimum atomic E-state index is -4.69. The monoisotopic (exact) mass is 569 g/mol. The molecule has 0 aromatic heterocycles. The molecule has 1 heterocycles. The van der Waals surface area contributed by atoms with Crippen LogP contribution >= 0.6 is 7.26 Å². The maximum atomic E-state index is 8.60. The van der Waals surface area contributed by atoms with Gasteiger partial charge in [0.1, 0.15) is 21.7 Å². The van der Waals surface area contributed by atoms with Crippen LogP contribution in [0.1, 0.15) is 17.0 Å². The van der Waals surface area contributed by atoms with E-state index < -0.39 is 17.5 Å². The molecule has 6 rings (SSSR count). The van der Waals surface area contributed by atoms with Crippen molar-refractivity contribution in [3.63, 3.8) is 0 Å². The number of benzene rings is 5. The minimum Gasteiger partial charge on any atom is -0.426 e. The molecular weight excluding hydrogens is 543 g/mol. The standard InChI is InChI=1S/C33H26OP.ClHO4/c1-5-15-26(16-6-1)31-25-33(34-32-24-14-13-23-30(31)32)35(27-17-7-2-8-18-27,28-19-9-3-10-20-28)29-21-11-4-12-22-29;2-1(3,4)5/h1-25,31H;(H,2,3,4,5)/q+1;. The molecule has 1 atom stereocenters. The molecule has 5 nitrogen and oxygen atoms in total. The molecule has 5 aromatic rings. The number of allylic oxidation sites excluding steroid dienone is 1. The smallest absolute Gasteiger partial charge is 0.258 e. The lowest BCUT2D eigenvalue weighted by molar-refractivity contribution is -1.92. The summed E-state index contributed by atoms with van der Waals surface area (Å²) in [6, 6.07) is 51.9. The van der Waals surface area contributed by atoms with E-state index >= 15 is 0 Å². The molecule has 1 unspecified atom stereocenters. The van der Waals surface area contributed by atoms with Crippen molar-refractivity contribution in [3.05, 3.63) is 168 Å². The van der Waals surface area contributed by atoms with E-state index in [4.69, 9.17) is 23.4 Å². The molecule has 0 spiro atoms. The molecule has 0 amide bonds. The Morgan fingerprint density at radius 1 is 0.550 bits per heavy atom. The fourth-order valence-corrected chi connectivity index (χ4v) is 9.23. The van der Waals surface area contributed by atoms with Crippen LogP contribution < -0.4 is 34.6 Å². The first kappa shape index (κ1) is 27.8. The Kier molecular flexibility index (Phi) is 8.43. The van der Waals surface area contributed by atoms with Gasteiger partial charge in [-0.25, -0.2) is 0 Å². The van der Waals surface area contributed by atoms with Gasteiger partial charge in [-0.1, -0.05) is 103 Å². The first-order chi connectivity index (χ1) is 19.4. The van der Waals surface area contributed by atoms with Crippen molar-refractivity contribution in [3.8, 4) is 5.75 Å². The lowest BCUT2D eigenvalue weighted by Gasteiger charge is -2.33. The summed E-state index contributed by atoms with van der Waals surface area (Å²) < 4.78 is 39.6. The Balaban J connectivity index is 0.000000595. The van der Waals surface area contributed by atoms with Gasteiger partial charge in [-0.2, -0.15) is 14.0 Å². The number of halogens is 1. The molecule has 5 aromatic carbocycles. The molecule has 1 N–H and O–H groups in total. The summed E-state index contributed by atoms with van der Waals surface area (Å²) in [7, 11) is -7.00. The van der Waals surface area contributed by atoms with Crippen molar-refractivity contribution in [1.29, 1.82) is 0 Å². The third-order valence-corrected chi connectivity index (χ3v) is 10.8. The van der Waals surface area contributed by atoms with E-state index in [1.807, 2.05) is 0 Å². The van der Waals surface area contributed by atoms with Crippen LogP contribution in [0.2, 0.25) is 0 Å². The number of ether oxygens (including phenoxy) is 1. The molecule has 1 aliphatic heterocycles. The summed E-state index contributed by atoms with van der Waals surface area (Å²) in [6.45, 7) is 0. The fraction of sp³-hybridized carbons (Fsp3) is 0.0303. The minimum absolute atomic E-state index is 0.117. The topological polar surface area (TPSA) is 98.6 Å². The number of hydrogen-bond acceptors (Lipinski definition) is 5. The third-order valence-electron chi connectivity index (χ3n) is 6.70. The summed E-state index contributed by atoms with van der Waals surface area (Å²) in [5, 5.41) is 3.86. The maximum Gasteiger partial charge on any atom is 0.258 e. The molecule has 0 bridgehead atoms. The average molecular weight is 570 g/mol. The van der Waals surface area contributed by atoms with Gasteiger partial charge in [0.25, 0.3) is 5.50 Å². The van der Waals surface area contributed by atoms with Crippen LogP contribution in [0, 0.1) is 10.2 Å². The quantitative estimate of drug-likeness (QED) is 0.328. The zero-order valence-corrected chi connectivity index (χ0v) is 23.1. The Hall–Kier alpha value is -3.80. The van der Waals surface area contributed by atoms with Crippen molar-refractivity contribution in [2.45, 2.75) is 5.92 Å². The Morgan fingerprint density at radius 2 is 0.925 bits per heavy atom. The van der Waals surface area contributed by atoms with Gasteiger partial charge in [-0.3, -0.25) is 0 Å². The SMILES string of the molecule is C1=C([P+](c2ccccc2)(c2ccccc2)c2ccccc2)Oc2ccccc2C1c1ccccc1.[O-][Cl+3]([O-])([O-])O. The van der Waals surface area contributed by atoms with Gasteiger partial charge in [-0.15, -0.1) is 0 Å². The van der Waals surface area contributed by atoms with Gasteiger partial charge in [0, 0.05) is 17.6 Å². The summed E-state index contributed by atoms with van der Waals surface area (Å²) in [6.07, 6.45) is 2.37. The molecule has 0 saturated heterocycles. The van der Waals surface area contributed by atoms with E-state index in [2.05, 4.69) is 152 Å². The second-order valence-corrected chi connectivity index (χ2v) is 13.2. The second kappa shape index (κ2) is 12.2. The van der Waals surface area contributed by atoms with Gasteiger partial charge < -0.3 is 4.74 Å². The van der Waals surface area contributed by atoms with E-state index in [0.717, 1.165) is 11.2 Å². The van der Waals surface area contributed by atoms with Crippen molar-refractivity contribution in [2.24, 2.45) is 0 Å². The fourth-order valence-electron chi connectivity index (χ4n) is 5.11. The predicted octanol–water partition coefficient (Wildman–Crippen LogP) is 2.92. The Bertz CT molecular complexity index is 1450. The Labute approximate surface area is 236 Å². The van der Waals surface area contributed by atoms with E-state index in [1.165, 1.54) is 27.0 Å². The van der Waals surface area contributed by atoms with Crippen molar-refractivity contribution < 1.29 is 33.6 Å². The first-order valence-electron chi connectivity index (χ1n) is 12.6. The number of rotatable bonds is 5. The zero-order chi connectivity index (χ0) is 28.0. The van der Waals surface area contributed by atoms with Crippen LogP contribution in [0.4, 0.5) is 0 Å². The third kappa shape index (κ3) is 6.01. The molecule has 200 valence electrons. The predicted molar refractivity (Wildman–Crippen MR) is 151 cm³/mol. The van der Waals surface area contributed by atoms with Crippen LogP contribution in [0.5, 0.6) is 5.75 Å². The highest BCUT2D eigenvalue weighted by atomic mass is 35.7. The zero-order valence-electron chi connectivity index (χ0n) is 21.4. The summed E-state index contributed by atoms with van der Waals surface area (Å²) >= 11 is 0. The molecule has 0 radical (unpaired) electrons. The molecule has 0 saturated carbocycles. The largest absolute Gasteiger partial charge is 0.426 e. The Morgan fingerprint density at radius 3 is 1.38 bits per heavy atom. The molecular formula is C33H27ClO5P+. The average Bonchev–Trinajstić information content (AvgIpc) is 2.98. The summed E-state index contributed by atoms with van der Waals surface area (Å²) in [5.41, 5.74) is 3.51. The van der Waals surface area contributed by atoms with E-state index in [1.54, 1.807) is 0 Å². The molecule has 0 aliphatic carbocycles. The summed E-state index contributed by atoms with van der Waals surface area (Å²) in [4.78, 5) is 0. The molecule has 1 aliphatic rings. The molecule has 0 fully saturated rings. The maximum absolute atomic E-state index is 8.60. The van der Waals surface area contributed by atoms with Crippen molar-refractivity contribution >= 4 is 23.2 Å². The van der Waals surface area contributed by atoms with Crippen LogP contribution in [0.15, 0.2) is 157 Å². The van der Waals surface area contributed by atoms with Crippen LogP contribution in [0.25, 0.3) is 0 Å². The normalized spacial score (nSPS) is 14.6. The second-order valence-electron chi connectivity index (χ2n) is 9.11. The van der Waals surface area contributed by atoms with Crippen molar-refractivity contribution in [2.75, 3.05) is 0 Å². The van der Waals surface area contributed by atoms with Gasteiger partial charge in [0.05, 0.1) is 14.9 Å². The van der Waals surface area contributed by atoms with Crippen LogP contribution in [0.3, 0.4) is 0 Å². The van der Waals surface area contributed by atoms with Crippen molar-refractivity contribution in [1.82, 2.24) is 0 Å². The summed E-state index contributed by atoms with van der Waals surface area (Å²) in [5.74, 6) is 1.05. The van der Waals surface area contributed by atoms with E-state index in [0.29, 0.717) is 0 Å². The highest BCUT2D eigenvalue weighted by molar-refractivity contribution is 7.98. The highest BCUT2D eigenvalue weighted by Gasteiger charge is 2.53. The molecule has 7 heteroatoms. The van der Waals surface area contributed by atoms with E-state index in [9.17, 15) is 0 Å². The lowest BCUT2D eigenvalue weighted by atomic mass is 9.90. The first-order valence-corrected chi connectivity index (χ1v) is 15.7. The number of fused-ring (bicyclic) bond motifs is 1. The number of para-hydroxylation sites is 1. The molecule has 40 heavy (non-hydrogen) atoms. The van der Waals surface area contributed by atoms with Crippen LogP contribution in [-0.4, -0.2) is 4.66 Å². The lowest BCUT2D eigenvalue weighted by Crippen LogP contribution is -2.58. The van der Waals surface area contributed by atoms with Gasteiger partial charge in [0.2, 0.25) is 0 Å². The van der Waals surface area contributed by atoms with Gasteiger partial charge in [0.15, 0.2) is 7.26 Å². The van der Waals surface area contributed by atoms with Gasteiger partial charge >= 0.3 is 0 Å².